The lowest BCUT2D eigenvalue weighted by Crippen LogP contribution is -2.16. The minimum Gasteiger partial charge on any atom is -0.455 e. The average Bonchev–Trinajstić information content (AvgIpc) is 3.77. The van der Waals surface area contributed by atoms with Crippen molar-refractivity contribution in [1.29, 1.82) is 0 Å². The van der Waals surface area contributed by atoms with E-state index in [9.17, 15) is 0 Å². The van der Waals surface area contributed by atoms with Crippen LogP contribution in [0.5, 0.6) is 0 Å². The van der Waals surface area contributed by atoms with Crippen molar-refractivity contribution < 1.29 is 8.83 Å². The molecule has 2 aromatic heterocycles. The molecule has 0 aliphatic heterocycles. The molecule has 228 valence electrons. The summed E-state index contributed by atoms with van der Waals surface area (Å²) in [4.78, 5) is 2.34. The summed E-state index contributed by atoms with van der Waals surface area (Å²) in [5.74, 6) is 0. The van der Waals surface area contributed by atoms with Gasteiger partial charge in [0.1, 0.15) is 22.3 Å². The Hall–Kier alpha value is -6.06. The number of hydrogen-bond donors (Lipinski definition) is 0. The lowest BCUT2D eigenvalue weighted by atomic mass is 9.81. The first-order valence-electron chi connectivity index (χ1n) is 16.5. The van der Waals surface area contributed by atoms with Crippen molar-refractivity contribution in [2.75, 3.05) is 4.90 Å². The number of rotatable bonds is 4. The Morgan fingerprint density at radius 3 is 1.71 bits per heavy atom. The molecule has 0 atom stereocenters. The molecular formula is C45H31NO2. The number of hydrogen-bond acceptors (Lipinski definition) is 3. The quantitative estimate of drug-likeness (QED) is 0.197. The Labute approximate surface area is 278 Å². The van der Waals surface area contributed by atoms with Crippen LogP contribution >= 0.6 is 0 Å². The average molecular weight is 618 g/mol. The Morgan fingerprint density at radius 2 is 1.00 bits per heavy atom. The number of furan rings is 2. The van der Waals surface area contributed by atoms with E-state index in [-0.39, 0.29) is 5.41 Å². The van der Waals surface area contributed by atoms with Gasteiger partial charge in [0.15, 0.2) is 0 Å². The summed E-state index contributed by atoms with van der Waals surface area (Å²) in [6.07, 6.45) is 0. The monoisotopic (exact) mass is 617 g/mol. The zero-order chi connectivity index (χ0) is 32.0. The third-order valence-corrected chi connectivity index (χ3v) is 10.2. The number of para-hydroxylation sites is 4. The molecule has 0 saturated heterocycles. The Balaban J connectivity index is 1.16. The van der Waals surface area contributed by atoms with Gasteiger partial charge in [-0.15, -0.1) is 0 Å². The SMILES string of the molecule is CC1(C)c2cc(-c3cc4c5ccccc5oc4c4c3oc3ccccc34)ccc2-c2ccc(N(c3ccccc3)c3ccccc3)cc21. The van der Waals surface area contributed by atoms with Crippen LogP contribution in [-0.2, 0) is 5.41 Å². The molecule has 0 amide bonds. The zero-order valence-electron chi connectivity index (χ0n) is 26.7. The van der Waals surface area contributed by atoms with Crippen LogP contribution in [0, 0.1) is 0 Å². The maximum absolute atomic E-state index is 6.64. The van der Waals surface area contributed by atoms with Gasteiger partial charge in [0.05, 0.1) is 5.39 Å². The highest BCUT2D eigenvalue weighted by Gasteiger charge is 2.36. The van der Waals surface area contributed by atoms with Crippen molar-refractivity contribution in [3.05, 3.63) is 163 Å². The Kier molecular flexibility index (Phi) is 5.63. The molecule has 0 radical (unpaired) electrons. The van der Waals surface area contributed by atoms with Gasteiger partial charge in [-0.1, -0.05) is 105 Å². The molecule has 10 rings (SSSR count). The van der Waals surface area contributed by atoms with Gasteiger partial charge in [0, 0.05) is 44.2 Å². The van der Waals surface area contributed by atoms with Crippen molar-refractivity contribution in [1.82, 2.24) is 0 Å². The van der Waals surface area contributed by atoms with Gasteiger partial charge in [-0.25, -0.2) is 0 Å². The molecule has 9 aromatic rings. The normalized spacial score (nSPS) is 13.4. The molecule has 0 N–H and O–H groups in total. The van der Waals surface area contributed by atoms with Crippen LogP contribution in [0.2, 0.25) is 0 Å². The summed E-state index contributed by atoms with van der Waals surface area (Å²) in [5.41, 5.74) is 14.1. The van der Waals surface area contributed by atoms with E-state index in [1.54, 1.807) is 0 Å². The second-order valence-electron chi connectivity index (χ2n) is 13.3. The van der Waals surface area contributed by atoms with Gasteiger partial charge in [0.25, 0.3) is 0 Å². The van der Waals surface area contributed by atoms with E-state index in [1.165, 1.54) is 22.3 Å². The maximum Gasteiger partial charge on any atom is 0.147 e. The van der Waals surface area contributed by atoms with E-state index in [0.29, 0.717) is 0 Å². The van der Waals surface area contributed by atoms with E-state index in [4.69, 9.17) is 8.83 Å². The molecule has 0 saturated carbocycles. The number of benzene rings is 7. The highest BCUT2D eigenvalue weighted by atomic mass is 16.3. The molecular weight excluding hydrogens is 587 g/mol. The van der Waals surface area contributed by atoms with Gasteiger partial charge in [0.2, 0.25) is 0 Å². The van der Waals surface area contributed by atoms with Crippen molar-refractivity contribution in [2.45, 2.75) is 19.3 Å². The van der Waals surface area contributed by atoms with E-state index < -0.39 is 0 Å². The highest BCUT2D eigenvalue weighted by Crippen LogP contribution is 2.52. The second kappa shape index (κ2) is 9.97. The molecule has 3 nitrogen and oxygen atoms in total. The summed E-state index contributed by atoms with van der Waals surface area (Å²) in [5, 5.41) is 4.32. The summed E-state index contributed by atoms with van der Waals surface area (Å²) in [7, 11) is 0. The first-order valence-corrected chi connectivity index (χ1v) is 16.5. The molecule has 0 spiro atoms. The van der Waals surface area contributed by atoms with Gasteiger partial charge < -0.3 is 13.7 Å². The molecule has 0 bridgehead atoms. The molecule has 48 heavy (non-hydrogen) atoms. The first kappa shape index (κ1) is 27.1. The highest BCUT2D eigenvalue weighted by molar-refractivity contribution is 6.25. The summed E-state index contributed by atoms with van der Waals surface area (Å²) in [6.45, 7) is 4.70. The number of fused-ring (bicyclic) bond motifs is 10. The standard InChI is InChI=1S/C45H31NO2/c1-45(2)38-25-28(36-27-37-34-17-9-11-19-40(34)47-44(37)42-35-18-10-12-20-41(35)48-43(36)42)21-23-32(38)33-24-22-31(26-39(33)45)46(29-13-5-3-6-14-29)30-15-7-4-8-16-30/h3-27H,1-2H3. The van der Waals surface area contributed by atoms with Crippen LogP contribution in [0.25, 0.3) is 66.1 Å². The molecule has 7 aromatic carbocycles. The van der Waals surface area contributed by atoms with Gasteiger partial charge in [-0.05, 0) is 88.5 Å². The van der Waals surface area contributed by atoms with Crippen LogP contribution in [0.15, 0.2) is 160 Å². The maximum atomic E-state index is 6.64. The first-order chi connectivity index (χ1) is 23.6. The molecule has 0 unspecified atom stereocenters. The summed E-state index contributed by atoms with van der Waals surface area (Å²) in [6, 6.07) is 53.9. The lowest BCUT2D eigenvalue weighted by Gasteiger charge is -2.28. The largest absolute Gasteiger partial charge is 0.455 e. The molecule has 1 aliphatic rings. The van der Waals surface area contributed by atoms with E-state index in [2.05, 4.69) is 146 Å². The van der Waals surface area contributed by atoms with Crippen molar-refractivity contribution in [3.63, 3.8) is 0 Å². The molecule has 1 aliphatic carbocycles. The smallest absolute Gasteiger partial charge is 0.147 e. The molecule has 3 heteroatoms. The fraction of sp³-hybridized carbons (Fsp3) is 0.0667. The van der Waals surface area contributed by atoms with E-state index in [0.717, 1.165) is 72.1 Å². The van der Waals surface area contributed by atoms with Crippen molar-refractivity contribution >= 4 is 60.9 Å². The van der Waals surface area contributed by atoms with E-state index >= 15 is 0 Å². The Bertz CT molecular complexity index is 2660. The third-order valence-electron chi connectivity index (χ3n) is 10.2. The lowest BCUT2D eigenvalue weighted by molar-refractivity contribution is 0.659. The van der Waals surface area contributed by atoms with Gasteiger partial charge >= 0.3 is 0 Å². The van der Waals surface area contributed by atoms with Crippen LogP contribution in [0.1, 0.15) is 25.0 Å². The van der Waals surface area contributed by atoms with Crippen LogP contribution in [0.4, 0.5) is 17.1 Å². The van der Waals surface area contributed by atoms with Crippen molar-refractivity contribution in [2.24, 2.45) is 0 Å². The summed E-state index contributed by atoms with van der Waals surface area (Å²) < 4.78 is 13.1. The predicted molar refractivity (Wildman–Crippen MR) is 199 cm³/mol. The van der Waals surface area contributed by atoms with Gasteiger partial charge in [-0.3, -0.25) is 0 Å². The predicted octanol–water partition coefficient (Wildman–Crippen LogP) is 12.9. The topological polar surface area (TPSA) is 29.5 Å². The van der Waals surface area contributed by atoms with Gasteiger partial charge in [-0.2, -0.15) is 0 Å². The third kappa shape index (κ3) is 3.82. The van der Waals surface area contributed by atoms with Crippen molar-refractivity contribution in [3.8, 4) is 22.3 Å². The number of anilines is 3. The van der Waals surface area contributed by atoms with Crippen LogP contribution < -0.4 is 4.90 Å². The van der Waals surface area contributed by atoms with E-state index in [1.807, 2.05) is 24.3 Å². The Morgan fingerprint density at radius 1 is 0.438 bits per heavy atom. The summed E-state index contributed by atoms with van der Waals surface area (Å²) >= 11 is 0. The minimum absolute atomic E-state index is 0.213. The second-order valence-corrected chi connectivity index (χ2v) is 13.3. The zero-order valence-corrected chi connectivity index (χ0v) is 26.7. The van der Waals surface area contributed by atoms with Crippen LogP contribution in [-0.4, -0.2) is 0 Å². The minimum atomic E-state index is -0.213. The fourth-order valence-electron chi connectivity index (χ4n) is 7.91. The molecule has 0 fully saturated rings. The number of nitrogens with zero attached hydrogens (tertiary/aromatic N) is 1. The molecule has 2 heterocycles. The fourth-order valence-corrected chi connectivity index (χ4v) is 7.91. The van der Waals surface area contributed by atoms with Crippen LogP contribution in [0.3, 0.4) is 0 Å².